The normalized spacial score (nSPS) is 13.7. The van der Waals surface area contributed by atoms with Gasteiger partial charge in [-0.15, -0.1) is 0 Å². The molecule has 1 unspecified atom stereocenters. The summed E-state index contributed by atoms with van der Waals surface area (Å²) in [6.45, 7) is 3.52. The Morgan fingerprint density at radius 2 is 1.85 bits per heavy atom. The van der Waals surface area contributed by atoms with Crippen LogP contribution in [0.25, 0.3) is 0 Å². The molecule has 0 aromatic heterocycles. The number of hydrogen-bond donors (Lipinski definition) is 1. The van der Waals surface area contributed by atoms with Crippen LogP contribution in [0.4, 0.5) is 13.2 Å². The summed E-state index contributed by atoms with van der Waals surface area (Å²) in [6, 6.07) is 9.91. The zero-order valence-electron chi connectivity index (χ0n) is 12.1. The lowest BCUT2D eigenvalue weighted by Crippen LogP contribution is -2.35. The molecule has 114 valence electrons. The molecule has 0 saturated heterocycles. The fourth-order valence-corrected chi connectivity index (χ4v) is 2.01. The van der Waals surface area contributed by atoms with Crippen molar-refractivity contribution in [1.82, 2.24) is 10.2 Å². The summed E-state index contributed by atoms with van der Waals surface area (Å²) >= 11 is 0. The van der Waals surface area contributed by atoms with Crippen molar-refractivity contribution in [3.63, 3.8) is 0 Å². The molecule has 0 heterocycles. The second-order valence-electron chi connectivity index (χ2n) is 5.04. The summed E-state index contributed by atoms with van der Waals surface area (Å²) in [6.07, 6.45) is -3.86. The number of rotatable bonds is 8. The maximum absolute atomic E-state index is 12.2. The van der Waals surface area contributed by atoms with Gasteiger partial charge in [0.2, 0.25) is 0 Å². The fourth-order valence-electron chi connectivity index (χ4n) is 2.01. The Balaban J connectivity index is 2.56. The quantitative estimate of drug-likeness (QED) is 0.786. The van der Waals surface area contributed by atoms with Gasteiger partial charge in [0.15, 0.2) is 0 Å². The van der Waals surface area contributed by atoms with Crippen LogP contribution in [0.3, 0.4) is 0 Å². The summed E-state index contributed by atoms with van der Waals surface area (Å²) in [5.74, 6) is 0. The predicted molar refractivity (Wildman–Crippen MR) is 75.6 cm³/mol. The molecule has 2 nitrogen and oxygen atoms in total. The van der Waals surface area contributed by atoms with Gasteiger partial charge in [-0.25, -0.2) is 0 Å². The van der Waals surface area contributed by atoms with Crippen LogP contribution in [0.2, 0.25) is 0 Å². The van der Waals surface area contributed by atoms with Gasteiger partial charge in [-0.05, 0) is 25.6 Å². The Morgan fingerprint density at radius 1 is 1.20 bits per heavy atom. The highest BCUT2D eigenvalue weighted by atomic mass is 19.4. The van der Waals surface area contributed by atoms with Crippen molar-refractivity contribution >= 4 is 0 Å². The van der Waals surface area contributed by atoms with Gasteiger partial charge in [-0.1, -0.05) is 37.3 Å². The first-order valence-corrected chi connectivity index (χ1v) is 6.96. The highest BCUT2D eigenvalue weighted by Gasteiger charge is 2.27. The van der Waals surface area contributed by atoms with Crippen LogP contribution in [0.5, 0.6) is 0 Å². The molecule has 0 spiro atoms. The molecule has 1 aromatic rings. The molecule has 1 rings (SSSR count). The Kier molecular flexibility index (Phi) is 7.02. The molecular weight excluding hydrogens is 265 g/mol. The summed E-state index contributed by atoms with van der Waals surface area (Å²) in [5.41, 5.74) is 1.11. The number of benzene rings is 1. The highest BCUT2D eigenvalue weighted by Crippen LogP contribution is 2.20. The molecule has 0 saturated carbocycles. The van der Waals surface area contributed by atoms with Gasteiger partial charge in [0.05, 0.1) is 6.42 Å². The second kappa shape index (κ2) is 8.27. The number of alkyl halides is 3. The van der Waals surface area contributed by atoms with Crippen molar-refractivity contribution in [2.45, 2.75) is 32.0 Å². The molecule has 1 N–H and O–H groups in total. The van der Waals surface area contributed by atoms with E-state index in [-0.39, 0.29) is 12.6 Å². The van der Waals surface area contributed by atoms with Crippen LogP contribution in [-0.4, -0.2) is 37.8 Å². The molecule has 5 heteroatoms. The van der Waals surface area contributed by atoms with Crippen molar-refractivity contribution in [3.8, 4) is 0 Å². The molecular formula is C15H23F3N2. The molecule has 20 heavy (non-hydrogen) atoms. The number of nitrogens with zero attached hydrogens (tertiary/aromatic N) is 1. The smallest absolute Gasteiger partial charge is 0.309 e. The zero-order valence-corrected chi connectivity index (χ0v) is 12.1. The van der Waals surface area contributed by atoms with Gasteiger partial charge < -0.3 is 10.2 Å². The van der Waals surface area contributed by atoms with Crippen LogP contribution in [0.1, 0.15) is 31.4 Å². The molecule has 0 aliphatic heterocycles. The van der Waals surface area contributed by atoms with E-state index in [1.807, 2.05) is 30.3 Å². The third-order valence-electron chi connectivity index (χ3n) is 3.11. The first-order chi connectivity index (χ1) is 9.42. The molecule has 1 aromatic carbocycles. The standard InChI is InChI=1S/C15H23F3N2/c1-3-10-19-14(13-7-5-4-6-8-13)12-20(2)11-9-15(16,17)18/h4-8,14,19H,3,9-12H2,1-2H3. The summed E-state index contributed by atoms with van der Waals surface area (Å²) in [5, 5.41) is 3.39. The average Bonchev–Trinajstić information content (AvgIpc) is 2.41. The number of hydrogen-bond acceptors (Lipinski definition) is 2. The minimum atomic E-state index is -4.09. The van der Waals surface area contributed by atoms with Gasteiger partial charge in [-0.3, -0.25) is 0 Å². The van der Waals surface area contributed by atoms with Gasteiger partial charge in [0.25, 0.3) is 0 Å². The lowest BCUT2D eigenvalue weighted by Gasteiger charge is -2.25. The topological polar surface area (TPSA) is 15.3 Å². The molecule has 1 atom stereocenters. The second-order valence-corrected chi connectivity index (χ2v) is 5.04. The third-order valence-corrected chi connectivity index (χ3v) is 3.11. The van der Waals surface area contributed by atoms with E-state index in [2.05, 4.69) is 12.2 Å². The zero-order chi connectivity index (χ0) is 15.0. The Morgan fingerprint density at radius 3 is 2.40 bits per heavy atom. The average molecular weight is 288 g/mol. The van der Waals surface area contributed by atoms with E-state index in [4.69, 9.17) is 0 Å². The molecule has 0 aliphatic carbocycles. The monoisotopic (exact) mass is 288 g/mol. The SMILES string of the molecule is CCCNC(CN(C)CCC(F)(F)F)c1ccccc1. The van der Waals surface area contributed by atoms with Crippen molar-refractivity contribution in [2.75, 3.05) is 26.7 Å². The molecule has 0 amide bonds. The van der Waals surface area contributed by atoms with Gasteiger partial charge >= 0.3 is 6.18 Å². The van der Waals surface area contributed by atoms with Crippen LogP contribution in [-0.2, 0) is 0 Å². The van der Waals surface area contributed by atoms with Crippen molar-refractivity contribution < 1.29 is 13.2 Å². The Bertz CT molecular complexity index is 365. The maximum atomic E-state index is 12.2. The molecule has 0 aliphatic rings. The first kappa shape index (κ1) is 17.0. The molecule has 0 radical (unpaired) electrons. The van der Waals surface area contributed by atoms with Crippen LogP contribution >= 0.6 is 0 Å². The van der Waals surface area contributed by atoms with Crippen molar-refractivity contribution in [3.05, 3.63) is 35.9 Å². The maximum Gasteiger partial charge on any atom is 0.390 e. The lowest BCUT2D eigenvalue weighted by atomic mass is 10.1. The largest absolute Gasteiger partial charge is 0.390 e. The summed E-state index contributed by atoms with van der Waals surface area (Å²) in [7, 11) is 1.73. The minimum absolute atomic E-state index is 0.0284. The molecule has 0 bridgehead atoms. The van der Waals surface area contributed by atoms with Crippen molar-refractivity contribution in [1.29, 1.82) is 0 Å². The van der Waals surface area contributed by atoms with Gasteiger partial charge in [0.1, 0.15) is 0 Å². The van der Waals surface area contributed by atoms with Crippen LogP contribution in [0, 0.1) is 0 Å². The summed E-state index contributed by atoms with van der Waals surface area (Å²) in [4.78, 5) is 1.73. The predicted octanol–water partition coefficient (Wildman–Crippen LogP) is 3.61. The van der Waals surface area contributed by atoms with E-state index in [1.165, 1.54) is 0 Å². The van der Waals surface area contributed by atoms with E-state index < -0.39 is 12.6 Å². The third kappa shape index (κ3) is 6.91. The van der Waals surface area contributed by atoms with Crippen LogP contribution in [0.15, 0.2) is 30.3 Å². The molecule has 0 fully saturated rings. The van der Waals surface area contributed by atoms with E-state index in [9.17, 15) is 13.2 Å². The number of likely N-dealkylation sites (N-methyl/N-ethyl adjacent to an activating group) is 1. The number of nitrogens with one attached hydrogen (secondary N) is 1. The fraction of sp³-hybridized carbons (Fsp3) is 0.600. The number of halogens is 3. The van der Waals surface area contributed by atoms with Gasteiger partial charge in [-0.2, -0.15) is 13.2 Å². The van der Waals surface area contributed by atoms with Crippen LogP contribution < -0.4 is 5.32 Å². The van der Waals surface area contributed by atoms with Gasteiger partial charge in [0, 0.05) is 19.1 Å². The lowest BCUT2D eigenvalue weighted by molar-refractivity contribution is -0.137. The first-order valence-electron chi connectivity index (χ1n) is 6.96. The van der Waals surface area contributed by atoms with Crippen molar-refractivity contribution in [2.24, 2.45) is 0 Å². The Hall–Kier alpha value is -1.07. The van der Waals surface area contributed by atoms with E-state index in [0.717, 1.165) is 18.5 Å². The Labute approximate surface area is 119 Å². The minimum Gasteiger partial charge on any atom is -0.309 e. The van der Waals surface area contributed by atoms with E-state index in [1.54, 1.807) is 11.9 Å². The van der Waals surface area contributed by atoms with E-state index >= 15 is 0 Å². The van der Waals surface area contributed by atoms with E-state index in [0.29, 0.717) is 6.54 Å². The highest BCUT2D eigenvalue weighted by molar-refractivity contribution is 5.19. The summed E-state index contributed by atoms with van der Waals surface area (Å²) < 4.78 is 36.7.